The molecule has 9 heteroatoms. The van der Waals surface area contributed by atoms with Crippen LogP contribution in [0.2, 0.25) is 5.02 Å². The number of nitrogens with two attached hydrogens (primary N) is 1. The number of phenolic OH excluding ortho intramolecular Hbond substituents is 2. The Labute approximate surface area is 153 Å². The van der Waals surface area contributed by atoms with Crippen LogP contribution in [0.4, 0.5) is 17.3 Å². The number of aliphatic imine (C=N–C) groups is 1. The number of benzene rings is 2. The van der Waals surface area contributed by atoms with Crippen molar-refractivity contribution in [1.82, 2.24) is 10.2 Å². The predicted molar refractivity (Wildman–Crippen MR) is 98.9 cm³/mol. The number of carbonyl (C=O) groups excluding carboxylic acids is 1. The molecular weight excluding hydrogens is 358 g/mol. The number of primary amides is 1. The van der Waals surface area contributed by atoms with Gasteiger partial charge in [-0.2, -0.15) is 5.10 Å². The summed E-state index contributed by atoms with van der Waals surface area (Å²) >= 11 is 5.94. The Morgan fingerprint density at radius 3 is 2.81 bits per heavy atom. The number of hydrogen-bond acceptors (Lipinski definition) is 6. The second-order valence-corrected chi connectivity index (χ2v) is 5.73. The highest BCUT2D eigenvalue weighted by Gasteiger charge is 2.18. The number of nitrogens with zero attached hydrogens (tertiary/aromatic N) is 2. The van der Waals surface area contributed by atoms with Gasteiger partial charge in [-0.15, -0.1) is 0 Å². The number of aromatic hydroxyl groups is 2. The number of rotatable bonds is 5. The summed E-state index contributed by atoms with van der Waals surface area (Å²) < 4.78 is 0. The minimum atomic E-state index is -0.740. The van der Waals surface area contributed by atoms with Crippen LogP contribution in [-0.4, -0.2) is 32.5 Å². The van der Waals surface area contributed by atoms with E-state index in [1.54, 1.807) is 24.3 Å². The van der Waals surface area contributed by atoms with Crippen molar-refractivity contribution in [3.63, 3.8) is 0 Å². The van der Waals surface area contributed by atoms with Crippen LogP contribution in [0.1, 0.15) is 15.9 Å². The van der Waals surface area contributed by atoms with Crippen molar-refractivity contribution in [3.8, 4) is 11.5 Å². The molecule has 0 radical (unpaired) electrons. The number of anilines is 2. The topological polar surface area (TPSA) is 137 Å². The highest BCUT2D eigenvalue weighted by molar-refractivity contribution is 6.30. The summed E-state index contributed by atoms with van der Waals surface area (Å²) in [6.07, 6.45) is 1.28. The number of phenols is 2. The molecule has 6 N–H and O–H groups in total. The molecule has 0 aliphatic carbocycles. The third-order valence-corrected chi connectivity index (χ3v) is 3.66. The molecule has 0 saturated carbocycles. The zero-order valence-electron chi connectivity index (χ0n) is 13.3. The fourth-order valence-corrected chi connectivity index (χ4v) is 2.42. The molecule has 3 rings (SSSR count). The lowest BCUT2D eigenvalue weighted by Gasteiger charge is -2.05. The summed E-state index contributed by atoms with van der Waals surface area (Å²) in [6.45, 7) is 0. The number of nitrogens with one attached hydrogen (secondary N) is 2. The van der Waals surface area contributed by atoms with E-state index in [2.05, 4.69) is 20.5 Å². The molecule has 0 atom stereocenters. The Hall–Kier alpha value is -3.52. The zero-order chi connectivity index (χ0) is 18.7. The molecule has 2 aromatic carbocycles. The summed E-state index contributed by atoms with van der Waals surface area (Å²) in [6, 6.07) is 10.8. The summed E-state index contributed by atoms with van der Waals surface area (Å²) in [4.78, 5) is 15.9. The van der Waals surface area contributed by atoms with Gasteiger partial charge in [-0.1, -0.05) is 17.7 Å². The maximum Gasteiger partial charge on any atom is 0.256 e. The molecular formula is C17H14ClN5O3. The largest absolute Gasteiger partial charge is 0.508 e. The highest BCUT2D eigenvalue weighted by atomic mass is 35.5. The minimum absolute atomic E-state index is 0.0349. The van der Waals surface area contributed by atoms with Crippen LogP contribution in [0.3, 0.4) is 0 Å². The molecule has 0 spiro atoms. The Morgan fingerprint density at radius 2 is 2.08 bits per heavy atom. The predicted octanol–water partition coefficient (Wildman–Crippen LogP) is 3.07. The summed E-state index contributed by atoms with van der Waals surface area (Å²) in [5.41, 5.74) is 6.36. The fraction of sp³-hybridized carbons (Fsp3) is 0. The standard InChI is InChI=1S/C17H14ClN5O3/c18-10-2-1-3-11(7-10)21-17-14(15(19)26)16(22-23-17)20-8-9-6-12(24)4-5-13(9)25/h1-8,24-25H,(H2,19,26)(H2,21,22,23)/b20-8+. The van der Waals surface area contributed by atoms with Crippen molar-refractivity contribution < 1.29 is 15.0 Å². The molecule has 1 aromatic heterocycles. The van der Waals surface area contributed by atoms with E-state index >= 15 is 0 Å². The molecule has 0 fully saturated rings. The van der Waals surface area contributed by atoms with Crippen molar-refractivity contribution in [2.24, 2.45) is 10.7 Å². The van der Waals surface area contributed by atoms with Gasteiger partial charge in [-0.25, -0.2) is 4.99 Å². The van der Waals surface area contributed by atoms with Gasteiger partial charge in [0.2, 0.25) is 0 Å². The first-order valence-electron chi connectivity index (χ1n) is 7.41. The lowest BCUT2D eigenvalue weighted by molar-refractivity contribution is 0.100. The van der Waals surface area contributed by atoms with Gasteiger partial charge in [-0.3, -0.25) is 9.89 Å². The normalized spacial score (nSPS) is 11.0. The Balaban J connectivity index is 1.93. The molecule has 26 heavy (non-hydrogen) atoms. The first-order chi connectivity index (χ1) is 12.4. The Morgan fingerprint density at radius 1 is 1.27 bits per heavy atom. The van der Waals surface area contributed by atoms with Crippen molar-refractivity contribution in [2.75, 3.05) is 5.32 Å². The molecule has 0 saturated heterocycles. The maximum absolute atomic E-state index is 11.8. The fourth-order valence-electron chi connectivity index (χ4n) is 2.23. The number of halogens is 1. The number of aromatic amines is 1. The van der Waals surface area contributed by atoms with Crippen LogP contribution >= 0.6 is 11.6 Å². The molecule has 0 aliphatic rings. The van der Waals surface area contributed by atoms with Crippen LogP contribution in [-0.2, 0) is 0 Å². The van der Waals surface area contributed by atoms with Gasteiger partial charge in [0.15, 0.2) is 11.6 Å². The SMILES string of the molecule is NC(=O)c1c(Nc2cccc(Cl)c2)n[nH]c1/N=C/c1cc(O)ccc1O. The zero-order valence-corrected chi connectivity index (χ0v) is 14.0. The molecule has 132 valence electrons. The number of amides is 1. The maximum atomic E-state index is 11.8. The molecule has 1 amide bonds. The molecule has 0 bridgehead atoms. The van der Waals surface area contributed by atoms with E-state index < -0.39 is 5.91 Å². The summed E-state index contributed by atoms with van der Waals surface area (Å²) in [5.74, 6) is -0.566. The molecule has 0 unspecified atom stereocenters. The number of hydrogen-bond donors (Lipinski definition) is 5. The van der Waals surface area contributed by atoms with Crippen LogP contribution in [0.5, 0.6) is 11.5 Å². The molecule has 1 heterocycles. The number of carbonyl (C=O) groups is 1. The van der Waals surface area contributed by atoms with Crippen LogP contribution < -0.4 is 11.1 Å². The number of H-pyrrole nitrogens is 1. The smallest absolute Gasteiger partial charge is 0.256 e. The van der Waals surface area contributed by atoms with E-state index in [-0.39, 0.29) is 34.3 Å². The lowest BCUT2D eigenvalue weighted by atomic mass is 10.2. The van der Waals surface area contributed by atoms with E-state index in [1.807, 2.05) is 0 Å². The average molecular weight is 372 g/mol. The second kappa shape index (κ2) is 7.16. The van der Waals surface area contributed by atoms with Gasteiger partial charge in [0.1, 0.15) is 17.1 Å². The van der Waals surface area contributed by atoms with Crippen molar-refractivity contribution in [1.29, 1.82) is 0 Å². The second-order valence-electron chi connectivity index (χ2n) is 5.30. The quantitative estimate of drug-likeness (QED) is 0.346. The van der Waals surface area contributed by atoms with Crippen LogP contribution in [0, 0.1) is 0 Å². The van der Waals surface area contributed by atoms with Crippen LogP contribution in [0.25, 0.3) is 0 Å². The van der Waals surface area contributed by atoms with E-state index in [0.717, 1.165) is 0 Å². The van der Waals surface area contributed by atoms with Gasteiger partial charge < -0.3 is 21.3 Å². The van der Waals surface area contributed by atoms with Gasteiger partial charge in [-0.05, 0) is 36.4 Å². The molecule has 0 aliphatic heterocycles. The van der Waals surface area contributed by atoms with Gasteiger partial charge >= 0.3 is 0 Å². The van der Waals surface area contributed by atoms with E-state index in [1.165, 1.54) is 24.4 Å². The minimum Gasteiger partial charge on any atom is -0.508 e. The average Bonchev–Trinajstić information content (AvgIpc) is 2.98. The van der Waals surface area contributed by atoms with E-state index in [9.17, 15) is 15.0 Å². The highest BCUT2D eigenvalue weighted by Crippen LogP contribution is 2.28. The van der Waals surface area contributed by atoms with Gasteiger partial charge in [0.05, 0.1) is 0 Å². The first-order valence-corrected chi connectivity index (χ1v) is 7.78. The lowest BCUT2D eigenvalue weighted by Crippen LogP contribution is -2.12. The Bertz CT molecular complexity index is 1000. The van der Waals surface area contributed by atoms with E-state index in [4.69, 9.17) is 17.3 Å². The van der Waals surface area contributed by atoms with Crippen LogP contribution in [0.15, 0.2) is 47.5 Å². The van der Waals surface area contributed by atoms with Crippen molar-refractivity contribution in [3.05, 3.63) is 58.6 Å². The van der Waals surface area contributed by atoms with Gasteiger partial charge in [0.25, 0.3) is 5.91 Å². The van der Waals surface area contributed by atoms with Gasteiger partial charge in [0, 0.05) is 22.5 Å². The van der Waals surface area contributed by atoms with Crippen molar-refractivity contribution >= 4 is 41.0 Å². The first kappa shape index (κ1) is 17.3. The molecule has 3 aromatic rings. The third-order valence-electron chi connectivity index (χ3n) is 3.42. The third kappa shape index (κ3) is 3.76. The monoisotopic (exact) mass is 371 g/mol. The van der Waals surface area contributed by atoms with E-state index in [0.29, 0.717) is 10.7 Å². The Kier molecular flexibility index (Phi) is 4.76. The number of aromatic nitrogens is 2. The summed E-state index contributed by atoms with van der Waals surface area (Å²) in [5, 5.41) is 29.3. The van der Waals surface area contributed by atoms with Crippen molar-refractivity contribution in [2.45, 2.75) is 0 Å². The summed E-state index contributed by atoms with van der Waals surface area (Å²) in [7, 11) is 0. The molecule has 8 nitrogen and oxygen atoms in total.